The summed E-state index contributed by atoms with van der Waals surface area (Å²) in [5.41, 5.74) is 1.18. The van der Waals surface area contributed by atoms with Crippen LogP contribution in [0.2, 0.25) is 0 Å². The molecule has 124 valence electrons. The minimum Gasteiger partial charge on any atom is -0.497 e. The summed E-state index contributed by atoms with van der Waals surface area (Å²) in [5, 5.41) is 1.45. The fourth-order valence-corrected chi connectivity index (χ4v) is 3.04. The molecule has 0 amide bonds. The van der Waals surface area contributed by atoms with Gasteiger partial charge in [0.1, 0.15) is 16.9 Å². The van der Waals surface area contributed by atoms with E-state index in [9.17, 15) is 9.59 Å². The Morgan fingerprint density at radius 3 is 2.68 bits per heavy atom. The second-order valence-electron chi connectivity index (χ2n) is 5.85. The number of benzene rings is 2. The fourth-order valence-electron chi connectivity index (χ4n) is 3.04. The van der Waals surface area contributed by atoms with E-state index in [2.05, 4.69) is 0 Å². The van der Waals surface area contributed by atoms with Gasteiger partial charge in [-0.05, 0) is 30.3 Å². The number of carbonyl (C=O) groups excluding carboxylic acids is 1. The number of nitrogens with zero attached hydrogens (tertiary/aromatic N) is 1. The maximum absolute atomic E-state index is 13.0. The first-order valence-electron chi connectivity index (χ1n) is 7.79. The zero-order valence-electron chi connectivity index (χ0n) is 13.8. The Hall–Kier alpha value is -3.34. The Morgan fingerprint density at radius 2 is 1.88 bits per heavy atom. The molecular formula is C20H15NO4. The number of ether oxygens (including phenoxy) is 1. The number of carbonyl (C=O) groups is 1. The van der Waals surface area contributed by atoms with Crippen molar-refractivity contribution in [3.63, 3.8) is 0 Å². The molecule has 25 heavy (non-hydrogen) atoms. The molecule has 0 bridgehead atoms. The Bertz CT molecular complexity index is 1180. The average Bonchev–Trinajstić information content (AvgIpc) is 2.96. The molecular weight excluding hydrogens is 318 g/mol. The molecule has 5 heteroatoms. The average molecular weight is 333 g/mol. The molecule has 4 rings (SSSR count). The lowest BCUT2D eigenvalue weighted by Crippen LogP contribution is -2.14. The van der Waals surface area contributed by atoms with Crippen LogP contribution in [-0.2, 0) is 7.05 Å². The number of fused-ring (bicyclic) bond motifs is 2. The van der Waals surface area contributed by atoms with Crippen molar-refractivity contribution >= 4 is 27.7 Å². The summed E-state index contributed by atoms with van der Waals surface area (Å²) in [5.74, 6) is 0.289. The van der Waals surface area contributed by atoms with Crippen LogP contribution in [0.5, 0.6) is 5.75 Å². The lowest BCUT2D eigenvalue weighted by atomic mass is 10.0. The maximum atomic E-state index is 13.0. The van der Waals surface area contributed by atoms with Crippen molar-refractivity contribution in [1.29, 1.82) is 0 Å². The van der Waals surface area contributed by atoms with Gasteiger partial charge in [-0.25, -0.2) is 4.79 Å². The Morgan fingerprint density at radius 1 is 1.08 bits per heavy atom. The third kappa shape index (κ3) is 2.41. The molecule has 0 aliphatic carbocycles. The number of aromatic nitrogens is 1. The van der Waals surface area contributed by atoms with Gasteiger partial charge in [-0.15, -0.1) is 0 Å². The minimum absolute atomic E-state index is 0.0222. The molecule has 4 aromatic rings. The van der Waals surface area contributed by atoms with Gasteiger partial charge in [0.15, 0.2) is 0 Å². The van der Waals surface area contributed by atoms with Crippen LogP contribution in [0, 0.1) is 0 Å². The van der Waals surface area contributed by atoms with Crippen molar-refractivity contribution in [2.24, 2.45) is 7.05 Å². The molecule has 0 spiro atoms. The largest absolute Gasteiger partial charge is 0.497 e. The highest BCUT2D eigenvalue weighted by atomic mass is 16.5. The van der Waals surface area contributed by atoms with E-state index >= 15 is 0 Å². The first-order chi connectivity index (χ1) is 12.1. The van der Waals surface area contributed by atoms with Gasteiger partial charge in [-0.3, -0.25) is 4.79 Å². The van der Waals surface area contributed by atoms with Crippen molar-refractivity contribution in [3.8, 4) is 5.75 Å². The summed E-state index contributed by atoms with van der Waals surface area (Å²) >= 11 is 0. The Labute approximate surface area is 143 Å². The van der Waals surface area contributed by atoms with E-state index in [-0.39, 0.29) is 11.3 Å². The van der Waals surface area contributed by atoms with E-state index in [1.807, 2.05) is 29.8 Å². The van der Waals surface area contributed by atoms with E-state index < -0.39 is 5.63 Å². The van der Waals surface area contributed by atoms with Gasteiger partial charge >= 0.3 is 5.63 Å². The van der Waals surface area contributed by atoms with Crippen molar-refractivity contribution in [2.75, 3.05) is 7.11 Å². The van der Waals surface area contributed by atoms with Crippen LogP contribution in [0.25, 0.3) is 21.9 Å². The van der Waals surface area contributed by atoms with Gasteiger partial charge in [0.25, 0.3) is 0 Å². The number of ketones is 1. The second-order valence-corrected chi connectivity index (χ2v) is 5.85. The van der Waals surface area contributed by atoms with E-state index in [0.29, 0.717) is 22.3 Å². The van der Waals surface area contributed by atoms with Gasteiger partial charge in [-0.1, -0.05) is 18.2 Å². The molecule has 5 nitrogen and oxygen atoms in total. The van der Waals surface area contributed by atoms with Crippen LogP contribution in [0.3, 0.4) is 0 Å². The SMILES string of the molecule is COc1ccc2c(c1)c(C(=O)c1cc3ccccc3oc1=O)cn2C. The highest BCUT2D eigenvalue weighted by Gasteiger charge is 2.20. The first kappa shape index (κ1) is 15.2. The second kappa shape index (κ2) is 5.63. The van der Waals surface area contributed by atoms with Crippen LogP contribution in [0.15, 0.2) is 63.9 Å². The van der Waals surface area contributed by atoms with E-state index in [1.54, 1.807) is 43.6 Å². The summed E-state index contributed by atoms with van der Waals surface area (Å²) < 4.78 is 12.4. The van der Waals surface area contributed by atoms with Crippen LogP contribution in [0.1, 0.15) is 15.9 Å². The molecule has 0 atom stereocenters. The predicted molar refractivity (Wildman–Crippen MR) is 95.4 cm³/mol. The number of hydrogen-bond donors (Lipinski definition) is 0. The third-order valence-corrected chi connectivity index (χ3v) is 4.33. The van der Waals surface area contributed by atoms with Gasteiger partial charge in [0, 0.05) is 35.1 Å². The zero-order chi connectivity index (χ0) is 17.6. The number of hydrogen-bond acceptors (Lipinski definition) is 4. The third-order valence-electron chi connectivity index (χ3n) is 4.33. The zero-order valence-corrected chi connectivity index (χ0v) is 13.8. The van der Waals surface area contributed by atoms with Crippen LogP contribution >= 0.6 is 0 Å². The summed E-state index contributed by atoms with van der Waals surface area (Å²) in [6.07, 6.45) is 1.72. The molecule has 2 aromatic carbocycles. The van der Waals surface area contributed by atoms with Gasteiger partial charge in [0.2, 0.25) is 5.78 Å². The van der Waals surface area contributed by atoms with E-state index in [4.69, 9.17) is 9.15 Å². The standard InChI is InChI=1S/C20H15NO4/c1-21-11-16(14-10-13(24-2)7-8-17(14)21)19(22)15-9-12-5-3-4-6-18(12)25-20(15)23/h3-11H,1-2H3. The number of aryl methyl sites for hydroxylation is 1. The topological polar surface area (TPSA) is 61.4 Å². The fraction of sp³-hybridized carbons (Fsp3) is 0.100. The molecule has 0 N–H and O–H groups in total. The molecule has 2 heterocycles. The van der Waals surface area contributed by atoms with Crippen LogP contribution in [0.4, 0.5) is 0 Å². The molecule has 0 aliphatic heterocycles. The highest BCUT2D eigenvalue weighted by molar-refractivity contribution is 6.17. The number of para-hydroxylation sites is 1. The summed E-state index contributed by atoms with van der Waals surface area (Å²) in [4.78, 5) is 25.3. The molecule has 0 aliphatic rings. The normalized spacial score (nSPS) is 11.1. The molecule has 0 fully saturated rings. The maximum Gasteiger partial charge on any atom is 0.347 e. The smallest absolute Gasteiger partial charge is 0.347 e. The summed E-state index contributed by atoms with van der Waals surface area (Å²) in [7, 11) is 3.43. The van der Waals surface area contributed by atoms with Crippen molar-refractivity contribution in [1.82, 2.24) is 4.57 Å². The lowest BCUT2D eigenvalue weighted by molar-refractivity contribution is 0.103. The van der Waals surface area contributed by atoms with Crippen LogP contribution < -0.4 is 10.4 Å². The lowest BCUT2D eigenvalue weighted by Gasteiger charge is -2.03. The monoisotopic (exact) mass is 333 g/mol. The number of methoxy groups -OCH3 is 1. The first-order valence-corrected chi connectivity index (χ1v) is 7.79. The van der Waals surface area contributed by atoms with Gasteiger partial charge < -0.3 is 13.7 Å². The molecule has 0 saturated heterocycles. The summed E-state index contributed by atoms with van der Waals surface area (Å²) in [6, 6.07) is 14.2. The number of rotatable bonds is 3. The predicted octanol–water partition coefficient (Wildman–Crippen LogP) is 3.52. The van der Waals surface area contributed by atoms with Crippen molar-refractivity contribution in [3.05, 3.63) is 76.3 Å². The molecule has 0 unspecified atom stereocenters. The highest BCUT2D eigenvalue weighted by Crippen LogP contribution is 2.27. The quantitative estimate of drug-likeness (QED) is 0.425. The Kier molecular flexibility index (Phi) is 3.42. The molecule has 0 radical (unpaired) electrons. The van der Waals surface area contributed by atoms with Crippen LogP contribution in [-0.4, -0.2) is 17.5 Å². The van der Waals surface area contributed by atoms with E-state index in [1.165, 1.54) is 0 Å². The van der Waals surface area contributed by atoms with E-state index in [0.717, 1.165) is 10.9 Å². The van der Waals surface area contributed by atoms with Gasteiger partial charge in [-0.2, -0.15) is 0 Å². The van der Waals surface area contributed by atoms with Crippen molar-refractivity contribution in [2.45, 2.75) is 0 Å². The molecule has 2 aromatic heterocycles. The minimum atomic E-state index is -0.636. The summed E-state index contributed by atoms with van der Waals surface area (Å²) in [6.45, 7) is 0. The Balaban J connectivity index is 1.93. The van der Waals surface area contributed by atoms with Gasteiger partial charge in [0.05, 0.1) is 7.11 Å². The molecule has 0 saturated carbocycles. The van der Waals surface area contributed by atoms with Crippen molar-refractivity contribution < 1.29 is 13.9 Å².